The fourth-order valence-electron chi connectivity index (χ4n) is 3.12. The summed E-state index contributed by atoms with van der Waals surface area (Å²) in [5, 5.41) is 9.24. The number of aliphatic imine (C=N–C) groups is 1. The first-order valence-electron chi connectivity index (χ1n) is 9.89. The molecular weight excluding hydrogens is 488 g/mol. The summed E-state index contributed by atoms with van der Waals surface area (Å²) in [6.45, 7) is 11.2. The number of guanidine groups is 1. The fraction of sp³-hybridized carbons (Fsp3) is 0.600. The van der Waals surface area contributed by atoms with Gasteiger partial charge in [0.25, 0.3) is 0 Å². The largest absolute Gasteiger partial charge is 0.379 e. The van der Waals surface area contributed by atoms with Gasteiger partial charge in [0.1, 0.15) is 12.4 Å². The maximum absolute atomic E-state index is 12.9. The molecule has 1 aliphatic heterocycles. The van der Waals surface area contributed by atoms with Crippen LogP contribution in [0.5, 0.6) is 0 Å². The molecule has 2 rings (SSSR count). The first-order valence-corrected chi connectivity index (χ1v) is 9.89. The molecule has 1 atom stereocenters. The van der Waals surface area contributed by atoms with Gasteiger partial charge in [0.15, 0.2) is 5.96 Å². The average Bonchev–Trinajstić information content (AvgIpc) is 2.68. The number of rotatable bonds is 8. The molecule has 0 aliphatic carbocycles. The zero-order chi connectivity index (χ0) is 20.4. The molecule has 1 amide bonds. The van der Waals surface area contributed by atoms with E-state index in [0.717, 1.165) is 32.8 Å². The minimum absolute atomic E-state index is 0. The fourth-order valence-corrected chi connectivity index (χ4v) is 3.12. The number of carbonyl (C=O) groups is 1. The molecule has 3 N–H and O–H groups in total. The zero-order valence-electron chi connectivity index (χ0n) is 17.4. The minimum atomic E-state index is -0.338. The molecule has 1 fully saturated rings. The number of morpholine rings is 1. The highest BCUT2D eigenvalue weighted by Crippen LogP contribution is 2.12. The van der Waals surface area contributed by atoms with Gasteiger partial charge in [-0.2, -0.15) is 0 Å². The predicted octanol–water partition coefficient (Wildman–Crippen LogP) is 2.29. The van der Waals surface area contributed by atoms with Gasteiger partial charge in [0.05, 0.1) is 13.2 Å². The molecule has 1 heterocycles. The molecule has 0 spiro atoms. The van der Waals surface area contributed by atoms with E-state index >= 15 is 0 Å². The Hall–Kier alpha value is -1.46. The summed E-state index contributed by atoms with van der Waals surface area (Å²) in [4.78, 5) is 18.9. The van der Waals surface area contributed by atoms with Gasteiger partial charge in [-0.25, -0.2) is 9.38 Å². The molecule has 0 radical (unpaired) electrons. The van der Waals surface area contributed by atoms with Crippen LogP contribution in [-0.2, 0) is 9.53 Å². The number of nitrogens with one attached hydrogen (secondary N) is 3. The van der Waals surface area contributed by atoms with Crippen LogP contribution in [0, 0.1) is 11.7 Å². The first-order chi connectivity index (χ1) is 13.5. The Morgan fingerprint density at radius 3 is 2.45 bits per heavy atom. The molecule has 0 bridgehead atoms. The summed E-state index contributed by atoms with van der Waals surface area (Å²) in [5.74, 6) is 0.498. The Kier molecular flexibility index (Phi) is 12.1. The smallest absolute Gasteiger partial charge is 0.246 e. The third kappa shape index (κ3) is 9.26. The summed E-state index contributed by atoms with van der Waals surface area (Å²) in [6, 6.07) is 6.02. The lowest BCUT2D eigenvalue weighted by atomic mass is 10.0. The molecule has 29 heavy (non-hydrogen) atoms. The van der Waals surface area contributed by atoms with E-state index in [1.165, 1.54) is 24.3 Å². The van der Waals surface area contributed by atoms with Crippen LogP contribution >= 0.6 is 24.0 Å². The second-order valence-corrected chi connectivity index (χ2v) is 7.09. The summed E-state index contributed by atoms with van der Waals surface area (Å²) >= 11 is 0. The van der Waals surface area contributed by atoms with E-state index in [1.54, 1.807) is 0 Å². The van der Waals surface area contributed by atoms with E-state index in [2.05, 4.69) is 39.7 Å². The maximum Gasteiger partial charge on any atom is 0.246 e. The van der Waals surface area contributed by atoms with Crippen LogP contribution < -0.4 is 16.0 Å². The van der Waals surface area contributed by atoms with E-state index in [-0.39, 0.29) is 42.2 Å². The number of carbonyl (C=O) groups excluding carboxylic acids is 1. The van der Waals surface area contributed by atoms with Gasteiger partial charge in [0, 0.05) is 37.9 Å². The minimum Gasteiger partial charge on any atom is -0.379 e. The Labute approximate surface area is 189 Å². The maximum atomic E-state index is 12.9. The van der Waals surface area contributed by atoms with Gasteiger partial charge in [-0.05, 0) is 37.1 Å². The van der Waals surface area contributed by atoms with E-state index in [1.807, 2.05) is 6.92 Å². The molecule has 1 aromatic rings. The van der Waals surface area contributed by atoms with Gasteiger partial charge < -0.3 is 20.7 Å². The van der Waals surface area contributed by atoms with E-state index in [4.69, 9.17) is 4.74 Å². The number of ether oxygens (including phenoxy) is 1. The summed E-state index contributed by atoms with van der Waals surface area (Å²) < 4.78 is 18.4. The standard InChI is InChI=1S/C20H32FN5O2.HI/c1-4-22-20(23-13-18(15(2)3)26-9-11-28-12-10-26)24-14-19(27)25-17-7-5-16(21)6-8-17;/h5-8,15,18H,4,9-14H2,1-3H3,(H,25,27)(H2,22,23,24);1H. The van der Waals surface area contributed by atoms with Gasteiger partial charge in [0.2, 0.25) is 5.91 Å². The number of benzene rings is 1. The zero-order valence-corrected chi connectivity index (χ0v) is 19.7. The average molecular weight is 521 g/mol. The number of amides is 1. The molecule has 1 aliphatic rings. The second kappa shape index (κ2) is 13.7. The number of anilines is 1. The molecule has 0 saturated carbocycles. The van der Waals surface area contributed by atoms with Crippen molar-refractivity contribution in [2.75, 3.05) is 51.3 Å². The van der Waals surface area contributed by atoms with Crippen LogP contribution in [0.3, 0.4) is 0 Å². The van der Waals surface area contributed by atoms with Crippen LogP contribution in [-0.4, -0.2) is 68.7 Å². The van der Waals surface area contributed by atoms with Crippen LogP contribution in [0.15, 0.2) is 29.3 Å². The van der Waals surface area contributed by atoms with Gasteiger partial charge in [-0.3, -0.25) is 9.69 Å². The van der Waals surface area contributed by atoms with Crippen molar-refractivity contribution >= 4 is 41.5 Å². The molecule has 0 aromatic heterocycles. The van der Waals surface area contributed by atoms with Crippen LogP contribution in [0.4, 0.5) is 10.1 Å². The quantitative estimate of drug-likeness (QED) is 0.278. The van der Waals surface area contributed by atoms with Crippen molar-refractivity contribution < 1.29 is 13.9 Å². The molecule has 1 saturated heterocycles. The highest BCUT2D eigenvalue weighted by molar-refractivity contribution is 14.0. The van der Waals surface area contributed by atoms with Crippen molar-refractivity contribution in [3.05, 3.63) is 30.1 Å². The topological polar surface area (TPSA) is 78.0 Å². The van der Waals surface area contributed by atoms with Crippen molar-refractivity contribution in [3.8, 4) is 0 Å². The SMILES string of the molecule is CCNC(=NCC(=O)Nc1ccc(F)cc1)NCC(C(C)C)N1CCOCC1.I. The Balaban J connectivity index is 0.00000420. The molecule has 1 unspecified atom stereocenters. The lowest BCUT2D eigenvalue weighted by molar-refractivity contribution is -0.114. The number of nitrogens with zero attached hydrogens (tertiary/aromatic N) is 2. The first kappa shape index (κ1) is 25.6. The highest BCUT2D eigenvalue weighted by atomic mass is 127. The predicted molar refractivity (Wildman–Crippen MR) is 125 cm³/mol. The van der Waals surface area contributed by atoms with Crippen LogP contribution in [0.25, 0.3) is 0 Å². The van der Waals surface area contributed by atoms with Crippen molar-refractivity contribution in [1.29, 1.82) is 0 Å². The molecular formula is C20H33FIN5O2. The van der Waals surface area contributed by atoms with Crippen LogP contribution in [0.2, 0.25) is 0 Å². The van der Waals surface area contributed by atoms with Crippen molar-refractivity contribution in [1.82, 2.24) is 15.5 Å². The Morgan fingerprint density at radius 1 is 1.21 bits per heavy atom. The molecule has 1 aromatic carbocycles. The molecule has 7 nitrogen and oxygen atoms in total. The highest BCUT2D eigenvalue weighted by Gasteiger charge is 2.23. The second-order valence-electron chi connectivity index (χ2n) is 7.09. The Bertz CT molecular complexity index is 636. The van der Waals surface area contributed by atoms with E-state index < -0.39 is 0 Å². The number of hydrogen-bond acceptors (Lipinski definition) is 4. The molecule has 164 valence electrons. The van der Waals surface area contributed by atoms with Gasteiger partial charge in [-0.15, -0.1) is 24.0 Å². The summed E-state index contributed by atoms with van der Waals surface area (Å²) in [7, 11) is 0. The van der Waals surface area contributed by atoms with E-state index in [9.17, 15) is 9.18 Å². The lowest BCUT2D eigenvalue weighted by Gasteiger charge is -2.37. The van der Waals surface area contributed by atoms with Crippen molar-refractivity contribution in [2.45, 2.75) is 26.8 Å². The third-order valence-electron chi connectivity index (χ3n) is 4.62. The number of halogens is 2. The van der Waals surface area contributed by atoms with Crippen LogP contribution in [0.1, 0.15) is 20.8 Å². The van der Waals surface area contributed by atoms with Crippen molar-refractivity contribution in [3.63, 3.8) is 0 Å². The normalized spacial score (nSPS) is 16.1. The molecule has 9 heteroatoms. The lowest BCUT2D eigenvalue weighted by Crippen LogP contribution is -2.52. The summed E-state index contributed by atoms with van der Waals surface area (Å²) in [6.07, 6.45) is 0. The third-order valence-corrected chi connectivity index (χ3v) is 4.62. The monoisotopic (exact) mass is 521 g/mol. The number of hydrogen-bond donors (Lipinski definition) is 3. The van der Waals surface area contributed by atoms with Gasteiger partial charge in [-0.1, -0.05) is 13.8 Å². The van der Waals surface area contributed by atoms with E-state index in [0.29, 0.717) is 30.2 Å². The van der Waals surface area contributed by atoms with Gasteiger partial charge >= 0.3 is 0 Å². The summed E-state index contributed by atoms with van der Waals surface area (Å²) in [5.41, 5.74) is 0.548. The van der Waals surface area contributed by atoms with Crippen molar-refractivity contribution in [2.24, 2.45) is 10.9 Å². The Morgan fingerprint density at radius 2 is 1.86 bits per heavy atom.